The van der Waals surface area contributed by atoms with Crippen molar-refractivity contribution in [2.45, 2.75) is 12.5 Å². The van der Waals surface area contributed by atoms with Gasteiger partial charge in [-0.2, -0.15) is 5.10 Å². The van der Waals surface area contributed by atoms with Gasteiger partial charge in [0.05, 0.1) is 6.10 Å². The number of aliphatic hydroxyl groups excluding tert-OH is 1. The van der Waals surface area contributed by atoms with E-state index in [-0.39, 0.29) is 0 Å². The minimum Gasteiger partial charge on any atom is -0.388 e. The molecule has 1 N–H and O–H groups in total. The number of aliphatic hydroxyl groups is 1. The molecule has 0 aliphatic rings. The van der Waals surface area contributed by atoms with Crippen molar-refractivity contribution in [3.63, 3.8) is 0 Å². The van der Waals surface area contributed by atoms with Crippen LogP contribution in [0.4, 0.5) is 0 Å². The molecule has 0 amide bonds. The molecule has 1 aromatic heterocycles. The van der Waals surface area contributed by atoms with Gasteiger partial charge < -0.3 is 5.11 Å². The largest absolute Gasteiger partial charge is 0.388 e. The highest BCUT2D eigenvalue weighted by molar-refractivity contribution is 5.63. The van der Waals surface area contributed by atoms with Crippen molar-refractivity contribution in [1.82, 2.24) is 14.8 Å². The fourth-order valence-corrected chi connectivity index (χ4v) is 2.32. The highest BCUT2D eigenvalue weighted by Crippen LogP contribution is 2.23. The van der Waals surface area contributed by atoms with Gasteiger partial charge in [-0.25, -0.2) is 4.98 Å². The quantitative estimate of drug-likeness (QED) is 0.799. The van der Waals surface area contributed by atoms with Crippen molar-refractivity contribution in [1.29, 1.82) is 0 Å². The number of rotatable bonds is 4. The molecule has 0 saturated heterocycles. The first-order valence-corrected chi connectivity index (χ1v) is 6.90. The summed E-state index contributed by atoms with van der Waals surface area (Å²) in [6, 6.07) is 18.2. The maximum atomic E-state index is 10.3. The lowest BCUT2D eigenvalue weighted by molar-refractivity contribution is 0.174. The first-order chi connectivity index (χ1) is 10.2. The molecular formula is C17H17N3O. The van der Waals surface area contributed by atoms with Crippen LogP contribution in [0.25, 0.3) is 11.1 Å². The van der Waals surface area contributed by atoms with Crippen molar-refractivity contribution >= 4 is 0 Å². The molecule has 0 aliphatic heterocycles. The summed E-state index contributed by atoms with van der Waals surface area (Å²) in [5.41, 5.74) is 3.20. The second-order valence-electron chi connectivity index (χ2n) is 5.01. The molecule has 4 nitrogen and oxygen atoms in total. The van der Waals surface area contributed by atoms with Gasteiger partial charge in [-0.05, 0) is 16.7 Å². The third-order valence-electron chi connectivity index (χ3n) is 3.58. The molecule has 0 aliphatic carbocycles. The molecule has 3 aromatic rings. The summed E-state index contributed by atoms with van der Waals surface area (Å²) in [5.74, 6) is 0.773. The van der Waals surface area contributed by atoms with Crippen LogP contribution in [0.1, 0.15) is 17.5 Å². The van der Waals surface area contributed by atoms with Gasteiger partial charge in [0.15, 0.2) is 0 Å². The fraction of sp³-hybridized carbons (Fsp3) is 0.176. The summed E-state index contributed by atoms with van der Waals surface area (Å²) >= 11 is 0. The minimum atomic E-state index is -0.572. The molecule has 1 heterocycles. The smallest absolute Gasteiger partial charge is 0.138 e. The van der Waals surface area contributed by atoms with E-state index >= 15 is 0 Å². The van der Waals surface area contributed by atoms with Crippen LogP contribution in [0.5, 0.6) is 0 Å². The van der Waals surface area contributed by atoms with Crippen LogP contribution in [0.3, 0.4) is 0 Å². The molecule has 1 atom stereocenters. The fourth-order valence-electron chi connectivity index (χ4n) is 2.32. The third-order valence-corrected chi connectivity index (χ3v) is 3.58. The lowest BCUT2D eigenvalue weighted by atomic mass is 10.0. The molecule has 0 bridgehead atoms. The van der Waals surface area contributed by atoms with Crippen LogP contribution in [0, 0.1) is 0 Å². The molecule has 4 heteroatoms. The van der Waals surface area contributed by atoms with Crippen LogP contribution in [-0.2, 0) is 13.5 Å². The molecule has 2 aromatic carbocycles. The molecule has 21 heavy (non-hydrogen) atoms. The number of aromatic nitrogens is 3. The van der Waals surface area contributed by atoms with E-state index in [1.807, 2.05) is 49.5 Å². The molecule has 3 rings (SSSR count). The topological polar surface area (TPSA) is 50.9 Å². The zero-order valence-electron chi connectivity index (χ0n) is 11.8. The van der Waals surface area contributed by atoms with Gasteiger partial charge in [-0.3, -0.25) is 4.68 Å². The number of nitrogens with zero attached hydrogens (tertiary/aromatic N) is 3. The Bertz CT molecular complexity index is 704. The second kappa shape index (κ2) is 5.89. The van der Waals surface area contributed by atoms with Crippen LogP contribution in [-0.4, -0.2) is 19.9 Å². The Morgan fingerprint density at radius 2 is 1.67 bits per heavy atom. The molecule has 0 fully saturated rings. The van der Waals surface area contributed by atoms with Crippen LogP contribution < -0.4 is 0 Å². The van der Waals surface area contributed by atoms with E-state index in [0.29, 0.717) is 6.42 Å². The Balaban J connectivity index is 1.76. The second-order valence-corrected chi connectivity index (χ2v) is 5.01. The third kappa shape index (κ3) is 3.01. The van der Waals surface area contributed by atoms with Gasteiger partial charge in [0.25, 0.3) is 0 Å². The highest BCUT2D eigenvalue weighted by atomic mass is 16.3. The highest BCUT2D eigenvalue weighted by Gasteiger charge is 2.12. The van der Waals surface area contributed by atoms with Crippen molar-refractivity contribution in [2.75, 3.05) is 0 Å². The average Bonchev–Trinajstić information content (AvgIpc) is 2.93. The first kappa shape index (κ1) is 13.5. The summed E-state index contributed by atoms with van der Waals surface area (Å²) in [6.45, 7) is 0. The lowest BCUT2D eigenvalue weighted by Gasteiger charge is -2.11. The van der Waals surface area contributed by atoms with Gasteiger partial charge in [0, 0.05) is 13.5 Å². The standard InChI is InChI=1S/C17H17N3O/c1-20-17(18-12-19-20)11-16(21)15-9-7-14(8-10-15)13-5-3-2-4-6-13/h2-10,12,16,21H,11H2,1H3. The average molecular weight is 279 g/mol. The van der Waals surface area contributed by atoms with Crippen molar-refractivity contribution in [3.05, 3.63) is 72.3 Å². The molecule has 0 saturated carbocycles. The Kier molecular flexibility index (Phi) is 3.79. The Morgan fingerprint density at radius 3 is 2.29 bits per heavy atom. The molecular weight excluding hydrogens is 262 g/mol. The van der Waals surface area contributed by atoms with Gasteiger partial charge >= 0.3 is 0 Å². The normalized spacial score (nSPS) is 12.3. The predicted molar refractivity (Wildman–Crippen MR) is 81.5 cm³/mol. The molecule has 1 unspecified atom stereocenters. The molecule has 0 radical (unpaired) electrons. The van der Waals surface area contributed by atoms with Crippen molar-refractivity contribution in [3.8, 4) is 11.1 Å². The van der Waals surface area contributed by atoms with E-state index in [1.54, 1.807) is 4.68 Å². The zero-order chi connectivity index (χ0) is 14.7. The van der Waals surface area contributed by atoms with E-state index in [1.165, 1.54) is 11.9 Å². The van der Waals surface area contributed by atoms with E-state index < -0.39 is 6.10 Å². The summed E-state index contributed by atoms with van der Waals surface area (Å²) in [4.78, 5) is 4.14. The zero-order valence-corrected chi connectivity index (χ0v) is 11.8. The molecule has 106 valence electrons. The first-order valence-electron chi connectivity index (χ1n) is 6.90. The summed E-state index contributed by atoms with van der Waals surface area (Å²) < 4.78 is 1.68. The Labute approximate surface area is 123 Å². The van der Waals surface area contributed by atoms with E-state index in [4.69, 9.17) is 0 Å². The Hall–Kier alpha value is -2.46. The Morgan fingerprint density at radius 1 is 1.00 bits per heavy atom. The summed E-state index contributed by atoms with van der Waals surface area (Å²) in [7, 11) is 1.83. The van der Waals surface area contributed by atoms with Gasteiger partial charge in [0.2, 0.25) is 0 Å². The number of benzene rings is 2. The van der Waals surface area contributed by atoms with E-state index in [9.17, 15) is 5.11 Å². The maximum absolute atomic E-state index is 10.3. The van der Waals surface area contributed by atoms with Gasteiger partial charge in [-0.1, -0.05) is 54.6 Å². The number of hydrogen-bond donors (Lipinski definition) is 1. The SMILES string of the molecule is Cn1ncnc1CC(O)c1ccc(-c2ccccc2)cc1. The van der Waals surface area contributed by atoms with E-state index in [2.05, 4.69) is 22.2 Å². The molecule has 0 spiro atoms. The van der Waals surface area contributed by atoms with Crippen LogP contribution in [0.2, 0.25) is 0 Å². The number of aryl methyl sites for hydroxylation is 1. The van der Waals surface area contributed by atoms with Gasteiger partial charge in [0.1, 0.15) is 12.2 Å². The van der Waals surface area contributed by atoms with E-state index in [0.717, 1.165) is 17.0 Å². The summed E-state index contributed by atoms with van der Waals surface area (Å²) in [5, 5.41) is 14.3. The van der Waals surface area contributed by atoms with Crippen LogP contribution >= 0.6 is 0 Å². The summed E-state index contributed by atoms with van der Waals surface area (Å²) in [6.07, 6.45) is 1.39. The van der Waals surface area contributed by atoms with Gasteiger partial charge in [-0.15, -0.1) is 0 Å². The lowest BCUT2D eigenvalue weighted by Crippen LogP contribution is -2.07. The van der Waals surface area contributed by atoms with Crippen molar-refractivity contribution in [2.24, 2.45) is 7.05 Å². The minimum absolute atomic E-state index is 0.460. The predicted octanol–water partition coefficient (Wildman–Crippen LogP) is 2.76. The maximum Gasteiger partial charge on any atom is 0.138 e. The monoisotopic (exact) mass is 279 g/mol. The van der Waals surface area contributed by atoms with Crippen LogP contribution in [0.15, 0.2) is 60.9 Å². The number of hydrogen-bond acceptors (Lipinski definition) is 3. The van der Waals surface area contributed by atoms with Crippen molar-refractivity contribution < 1.29 is 5.11 Å².